The summed E-state index contributed by atoms with van der Waals surface area (Å²) < 4.78 is 0. The van der Waals surface area contributed by atoms with E-state index >= 15 is 0 Å². The lowest BCUT2D eigenvalue weighted by Crippen LogP contribution is -2.21. The number of rotatable bonds is 7. The van der Waals surface area contributed by atoms with Crippen molar-refractivity contribution < 1.29 is 19.2 Å². The van der Waals surface area contributed by atoms with Crippen LogP contribution in [0.4, 0.5) is 5.69 Å². The van der Waals surface area contributed by atoms with Gasteiger partial charge in [0.1, 0.15) is 11.4 Å². The maximum absolute atomic E-state index is 12.8. The summed E-state index contributed by atoms with van der Waals surface area (Å²) in [5.41, 5.74) is 0.436. The number of aromatic amines is 1. The number of H-pyrrole nitrogens is 1. The lowest BCUT2D eigenvalue weighted by Gasteiger charge is -2.12. The molecule has 3 rings (SSSR count). The van der Waals surface area contributed by atoms with E-state index in [1.54, 1.807) is 31.3 Å². The molecule has 0 saturated heterocycles. The van der Waals surface area contributed by atoms with Crippen molar-refractivity contribution in [1.29, 1.82) is 0 Å². The summed E-state index contributed by atoms with van der Waals surface area (Å²) in [5.74, 6) is -0.994. The minimum absolute atomic E-state index is 0.0188. The van der Waals surface area contributed by atoms with Gasteiger partial charge in [0.05, 0.1) is 10.5 Å². The molecule has 3 N–H and O–H groups in total. The number of allylic oxidation sites excluding steroid dienone is 2. The van der Waals surface area contributed by atoms with E-state index in [2.05, 4.69) is 20.8 Å². The van der Waals surface area contributed by atoms with Gasteiger partial charge in [-0.25, -0.2) is 0 Å². The number of nitrogens with zero attached hydrogens (tertiary/aromatic N) is 1. The summed E-state index contributed by atoms with van der Waals surface area (Å²) in [6.07, 6.45) is 2.12. The first kappa shape index (κ1) is 23.1. The zero-order chi connectivity index (χ0) is 22.1. The fourth-order valence-electron chi connectivity index (χ4n) is 2.64. The van der Waals surface area contributed by atoms with E-state index in [0.717, 1.165) is 0 Å². The number of thioether (sulfide) groups is 1. The van der Waals surface area contributed by atoms with Crippen LogP contribution < -0.4 is 10.6 Å². The molecule has 0 fully saturated rings. The monoisotopic (exact) mass is 428 g/mol. The van der Waals surface area contributed by atoms with Crippen LogP contribution in [-0.2, 0) is 4.79 Å². The highest BCUT2D eigenvalue weighted by atomic mass is 32.2. The van der Waals surface area contributed by atoms with E-state index < -0.39 is 17.5 Å². The van der Waals surface area contributed by atoms with Gasteiger partial charge in [-0.2, -0.15) is 5.10 Å². The van der Waals surface area contributed by atoms with Crippen LogP contribution in [0.3, 0.4) is 0 Å². The van der Waals surface area contributed by atoms with E-state index in [1.165, 1.54) is 17.8 Å². The minimum Gasteiger partial charge on any atom is -0.359 e. The van der Waals surface area contributed by atoms with Gasteiger partial charge in [0, 0.05) is 25.2 Å². The molecule has 8 nitrogen and oxygen atoms in total. The molecule has 9 heteroatoms. The van der Waals surface area contributed by atoms with Crippen LogP contribution in [-0.4, -0.2) is 46.4 Å². The van der Waals surface area contributed by atoms with Crippen LogP contribution in [0.25, 0.3) is 0 Å². The Labute approximate surface area is 178 Å². The molecule has 2 aromatic rings. The highest BCUT2D eigenvalue weighted by molar-refractivity contribution is 8.04. The normalized spacial score (nSPS) is 12.3. The van der Waals surface area contributed by atoms with Gasteiger partial charge in [-0.05, 0) is 24.3 Å². The summed E-state index contributed by atoms with van der Waals surface area (Å²) in [5, 5.41) is 11.6. The van der Waals surface area contributed by atoms with Gasteiger partial charge in [0.15, 0.2) is 0 Å². The number of hydrogen-bond acceptors (Lipinski definition) is 6. The Hall–Kier alpha value is -3.20. The highest BCUT2D eigenvalue weighted by Gasteiger charge is 2.33. The van der Waals surface area contributed by atoms with Gasteiger partial charge in [0.25, 0.3) is 5.91 Å². The van der Waals surface area contributed by atoms with E-state index in [4.69, 9.17) is 0 Å². The van der Waals surface area contributed by atoms with E-state index in [1.807, 2.05) is 19.9 Å². The molecule has 1 aromatic heterocycles. The molecule has 1 heterocycles. The summed E-state index contributed by atoms with van der Waals surface area (Å²) in [6.45, 7) is 4.00. The second kappa shape index (κ2) is 11.1. The van der Waals surface area contributed by atoms with Gasteiger partial charge in [-0.3, -0.25) is 24.3 Å². The number of carbonyl (C=O) groups is 4. The molecule has 0 unspecified atom stereocenters. The number of anilines is 1. The van der Waals surface area contributed by atoms with Crippen LogP contribution >= 0.6 is 11.8 Å². The molecule has 1 aliphatic carbocycles. The van der Waals surface area contributed by atoms with Crippen molar-refractivity contribution in [3.8, 4) is 0 Å². The van der Waals surface area contributed by atoms with Gasteiger partial charge < -0.3 is 10.6 Å². The van der Waals surface area contributed by atoms with Crippen molar-refractivity contribution in [2.75, 3.05) is 18.1 Å². The Balaban J connectivity index is 0.00000155. The predicted molar refractivity (Wildman–Crippen MR) is 117 cm³/mol. The largest absolute Gasteiger partial charge is 0.359 e. The van der Waals surface area contributed by atoms with Crippen LogP contribution in [0.15, 0.2) is 41.3 Å². The molecule has 1 aromatic carbocycles. The topological polar surface area (TPSA) is 121 Å². The van der Waals surface area contributed by atoms with Gasteiger partial charge >= 0.3 is 0 Å². The number of aromatic nitrogens is 2. The van der Waals surface area contributed by atoms with Crippen molar-refractivity contribution in [3.05, 3.63) is 58.3 Å². The Morgan fingerprint density at radius 1 is 1.13 bits per heavy atom. The third-order valence-electron chi connectivity index (χ3n) is 4.06. The van der Waals surface area contributed by atoms with Crippen molar-refractivity contribution >= 4 is 40.8 Å². The van der Waals surface area contributed by atoms with Crippen molar-refractivity contribution in [3.63, 3.8) is 0 Å². The first-order valence-corrected chi connectivity index (χ1v) is 10.6. The maximum Gasteiger partial charge on any atom is 0.274 e. The van der Waals surface area contributed by atoms with Gasteiger partial charge in [-0.1, -0.05) is 32.0 Å². The van der Waals surface area contributed by atoms with Crippen molar-refractivity contribution in [2.24, 2.45) is 0 Å². The third kappa shape index (κ3) is 5.44. The van der Waals surface area contributed by atoms with E-state index in [-0.39, 0.29) is 27.8 Å². The maximum atomic E-state index is 12.8. The molecular weight excluding hydrogens is 404 g/mol. The number of Topliss-reactive ketones (excluding diaryl/α,β-unsaturated/α-hetero) is 1. The SMILES string of the molecule is CC.CNC(=O)CCCSC1=CC(=O)c2n[nH]c(C(=O)Nc3ccccc3)c2C1=O. The number of ketones is 2. The number of amides is 2. The fourth-order valence-corrected chi connectivity index (χ4v) is 3.58. The second-order valence-corrected chi connectivity index (χ2v) is 7.11. The van der Waals surface area contributed by atoms with Gasteiger partial charge in [0.2, 0.25) is 17.5 Å². The average Bonchev–Trinajstić information content (AvgIpc) is 3.22. The highest BCUT2D eigenvalue weighted by Crippen LogP contribution is 2.30. The Morgan fingerprint density at radius 3 is 2.50 bits per heavy atom. The predicted octanol–water partition coefficient (Wildman–Crippen LogP) is 3.21. The number of carbonyl (C=O) groups excluding carboxylic acids is 4. The van der Waals surface area contributed by atoms with Gasteiger partial charge in [-0.15, -0.1) is 11.8 Å². The third-order valence-corrected chi connectivity index (χ3v) is 5.16. The lowest BCUT2D eigenvalue weighted by atomic mass is 9.99. The first-order chi connectivity index (χ1) is 14.5. The first-order valence-electron chi connectivity index (χ1n) is 9.60. The molecule has 0 spiro atoms. The fraction of sp³-hybridized carbons (Fsp3) is 0.286. The minimum atomic E-state index is -0.549. The number of nitrogens with one attached hydrogen (secondary N) is 3. The van der Waals surface area contributed by atoms with Crippen molar-refractivity contribution in [2.45, 2.75) is 26.7 Å². The Kier molecular flexibility index (Phi) is 8.54. The molecule has 0 aliphatic heterocycles. The number of hydrogen-bond donors (Lipinski definition) is 3. The zero-order valence-electron chi connectivity index (χ0n) is 17.1. The van der Waals surface area contributed by atoms with Crippen LogP contribution in [0, 0.1) is 0 Å². The molecule has 0 bridgehead atoms. The number of fused-ring (bicyclic) bond motifs is 1. The number of benzene rings is 1. The quantitative estimate of drug-likeness (QED) is 0.582. The number of para-hydroxylation sites is 1. The van der Waals surface area contributed by atoms with E-state index in [0.29, 0.717) is 24.3 Å². The smallest absolute Gasteiger partial charge is 0.274 e. The van der Waals surface area contributed by atoms with Crippen LogP contribution in [0.5, 0.6) is 0 Å². The summed E-state index contributed by atoms with van der Waals surface area (Å²) >= 11 is 1.19. The average molecular weight is 429 g/mol. The molecule has 0 saturated carbocycles. The molecule has 0 radical (unpaired) electrons. The summed E-state index contributed by atoms with van der Waals surface area (Å²) in [4.78, 5) is 49.2. The van der Waals surface area contributed by atoms with E-state index in [9.17, 15) is 19.2 Å². The molecule has 0 atom stereocenters. The summed E-state index contributed by atoms with van der Waals surface area (Å²) in [6, 6.07) is 8.77. The second-order valence-electron chi connectivity index (χ2n) is 5.97. The van der Waals surface area contributed by atoms with Crippen LogP contribution in [0.2, 0.25) is 0 Å². The molecule has 158 valence electrons. The standard InChI is InChI=1S/C19H18N4O4S.C2H6/c1-20-14(25)8-5-9-28-13-10-12(24)16-15(18(13)26)17(23-22-16)19(27)21-11-6-3-2-4-7-11;1-2/h2-4,6-7,10H,5,8-9H2,1H3,(H,20,25)(H,21,27)(H,22,23);1-2H3. The van der Waals surface area contributed by atoms with Crippen molar-refractivity contribution in [1.82, 2.24) is 15.5 Å². The lowest BCUT2D eigenvalue weighted by molar-refractivity contribution is -0.120. The van der Waals surface area contributed by atoms with Crippen LogP contribution in [0.1, 0.15) is 58.0 Å². The molecule has 30 heavy (non-hydrogen) atoms. The summed E-state index contributed by atoms with van der Waals surface area (Å²) in [7, 11) is 1.56. The molecule has 1 aliphatic rings. The Bertz CT molecular complexity index is 967. The Morgan fingerprint density at radius 2 is 1.83 bits per heavy atom. The molecule has 2 amide bonds. The zero-order valence-corrected chi connectivity index (χ0v) is 17.9. The molecular formula is C21H24N4O4S.